The van der Waals surface area contributed by atoms with Crippen LogP contribution in [-0.2, 0) is 16.0 Å². The molecule has 0 spiro atoms. The summed E-state index contributed by atoms with van der Waals surface area (Å²) in [6, 6.07) is 9.76. The summed E-state index contributed by atoms with van der Waals surface area (Å²) in [4.78, 5) is 27.0. The Labute approximate surface area is 134 Å². The normalized spacial score (nSPS) is 10.2. The highest BCUT2D eigenvalue weighted by molar-refractivity contribution is 5.96. The summed E-state index contributed by atoms with van der Waals surface area (Å²) in [7, 11) is 1.23. The fraction of sp³-hybridized carbons (Fsp3) is 0.235. The molecule has 0 aliphatic carbocycles. The molecule has 23 heavy (non-hydrogen) atoms. The molecule has 0 saturated heterocycles. The van der Waals surface area contributed by atoms with Crippen LogP contribution in [0, 0.1) is 6.92 Å². The van der Waals surface area contributed by atoms with Gasteiger partial charge in [-0.1, -0.05) is 30.3 Å². The molecule has 0 atom stereocenters. The Bertz CT molecular complexity index is 714. The van der Waals surface area contributed by atoms with Crippen molar-refractivity contribution in [2.24, 2.45) is 0 Å². The Morgan fingerprint density at radius 3 is 2.61 bits per heavy atom. The SMILES string of the molecule is COC(=O)CNC(=O)c1ncc(Cc2ccccc2)c(C)c1O. The average molecular weight is 314 g/mol. The van der Waals surface area contributed by atoms with E-state index in [0.29, 0.717) is 12.0 Å². The first-order valence-corrected chi connectivity index (χ1v) is 7.09. The highest BCUT2D eigenvalue weighted by Crippen LogP contribution is 2.25. The minimum absolute atomic E-state index is 0.108. The first-order chi connectivity index (χ1) is 11.0. The number of benzene rings is 1. The maximum Gasteiger partial charge on any atom is 0.325 e. The first kappa shape index (κ1) is 16.5. The maximum atomic E-state index is 12.0. The number of carbonyl (C=O) groups is 2. The van der Waals surface area contributed by atoms with Crippen LogP contribution in [0.5, 0.6) is 5.75 Å². The third-order valence-corrected chi connectivity index (χ3v) is 3.48. The van der Waals surface area contributed by atoms with E-state index in [4.69, 9.17) is 0 Å². The average Bonchev–Trinajstić information content (AvgIpc) is 2.57. The topological polar surface area (TPSA) is 88.5 Å². The molecular formula is C17H18N2O4. The Hall–Kier alpha value is -2.89. The number of rotatable bonds is 5. The molecule has 2 N–H and O–H groups in total. The van der Waals surface area contributed by atoms with Gasteiger partial charge in [0.25, 0.3) is 5.91 Å². The van der Waals surface area contributed by atoms with Crippen LogP contribution in [0.25, 0.3) is 0 Å². The molecule has 1 heterocycles. The van der Waals surface area contributed by atoms with Crippen LogP contribution < -0.4 is 5.32 Å². The lowest BCUT2D eigenvalue weighted by Crippen LogP contribution is -2.30. The van der Waals surface area contributed by atoms with Crippen molar-refractivity contribution in [2.75, 3.05) is 13.7 Å². The second-order valence-corrected chi connectivity index (χ2v) is 5.03. The smallest absolute Gasteiger partial charge is 0.325 e. The fourth-order valence-corrected chi connectivity index (χ4v) is 2.10. The number of pyridine rings is 1. The highest BCUT2D eigenvalue weighted by Gasteiger charge is 2.18. The van der Waals surface area contributed by atoms with Crippen molar-refractivity contribution in [2.45, 2.75) is 13.3 Å². The molecule has 0 saturated carbocycles. The molecule has 0 unspecified atom stereocenters. The number of amides is 1. The summed E-state index contributed by atoms with van der Waals surface area (Å²) in [5, 5.41) is 12.6. The highest BCUT2D eigenvalue weighted by atomic mass is 16.5. The van der Waals surface area contributed by atoms with Crippen LogP contribution in [-0.4, -0.2) is 35.6 Å². The van der Waals surface area contributed by atoms with Gasteiger partial charge in [-0.05, 0) is 30.0 Å². The standard InChI is InChI=1S/C17H18N2O4/c1-11-13(8-12-6-4-3-5-7-12)9-18-15(16(11)21)17(22)19-10-14(20)23-2/h3-7,9,21H,8,10H2,1-2H3,(H,19,22). The largest absolute Gasteiger partial charge is 0.505 e. The predicted molar refractivity (Wildman–Crippen MR) is 84.2 cm³/mol. The molecule has 2 rings (SSSR count). The van der Waals surface area contributed by atoms with Gasteiger partial charge in [-0.25, -0.2) is 4.98 Å². The third kappa shape index (κ3) is 4.06. The molecule has 1 amide bonds. The summed E-state index contributed by atoms with van der Waals surface area (Å²) < 4.78 is 4.44. The Morgan fingerprint density at radius 1 is 1.26 bits per heavy atom. The van der Waals surface area contributed by atoms with Gasteiger partial charge in [0, 0.05) is 6.20 Å². The summed E-state index contributed by atoms with van der Waals surface area (Å²) in [6.45, 7) is 1.45. The fourth-order valence-electron chi connectivity index (χ4n) is 2.10. The van der Waals surface area contributed by atoms with Crippen LogP contribution in [0.15, 0.2) is 36.5 Å². The van der Waals surface area contributed by atoms with E-state index in [2.05, 4.69) is 15.0 Å². The third-order valence-electron chi connectivity index (χ3n) is 3.48. The molecule has 0 aliphatic rings. The number of ether oxygens (including phenoxy) is 1. The van der Waals surface area contributed by atoms with Crippen LogP contribution in [0.3, 0.4) is 0 Å². The molecule has 0 fully saturated rings. The van der Waals surface area contributed by atoms with Gasteiger partial charge < -0.3 is 15.2 Å². The van der Waals surface area contributed by atoms with E-state index in [-0.39, 0.29) is 18.0 Å². The number of esters is 1. The van der Waals surface area contributed by atoms with Gasteiger partial charge in [0.1, 0.15) is 12.3 Å². The molecule has 1 aromatic heterocycles. The van der Waals surface area contributed by atoms with E-state index in [0.717, 1.165) is 11.1 Å². The summed E-state index contributed by atoms with van der Waals surface area (Å²) in [5.41, 5.74) is 2.40. The van der Waals surface area contributed by atoms with Crippen LogP contribution in [0.4, 0.5) is 0 Å². The van der Waals surface area contributed by atoms with Crippen molar-refractivity contribution in [3.8, 4) is 5.75 Å². The van der Waals surface area contributed by atoms with Gasteiger partial charge in [-0.15, -0.1) is 0 Å². The molecule has 6 heteroatoms. The van der Waals surface area contributed by atoms with E-state index in [1.54, 1.807) is 13.1 Å². The molecule has 0 radical (unpaired) electrons. The molecule has 1 aromatic carbocycles. The summed E-state index contributed by atoms with van der Waals surface area (Å²) >= 11 is 0. The van der Waals surface area contributed by atoms with Crippen molar-refractivity contribution in [3.63, 3.8) is 0 Å². The van der Waals surface area contributed by atoms with Crippen molar-refractivity contribution in [1.82, 2.24) is 10.3 Å². The predicted octanol–water partition coefficient (Wildman–Crippen LogP) is 1.59. The second kappa shape index (κ2) is 7.40. The van der Waals surface area contributed by atoms with Crippen molar-refractivity contribution in [3.05, 3.63) is 58.9 Å². The molecule has 120 valence electrons. The van der Waals surface area contributed by atoms with Gasteiger partial charge in [0.2, 0.25) is 0 Å². The van der Waals surface area contributed by atoms with Crippen molar-refractivity contribution >= 4 is 11.9 Å². The van der Waals surface area contributed by atoms with E-state index in [1.165, 1.54) is 7.11 Å². The Morgan fingerprint density at radius 2 is 1.96 bits per heavy atom. The Kier molecular flexibility index (Phi) is 5.30. The van der Waals surface area contributed by atoms with E-state index < -0.39 is 11.9 Å². The lowest BCUT2D eigenvalue weighted by Gasteiger charge is -2.11. The van der Waals surface area contributed by atoms with Crippen molar-refractivity contribution in [1.29, 1.82) is 0 Å². The number of hydrogen-bond acceptors (Lipinski definition) is 5. The second-order valence-electron chi connectivity index (χ2n) is 5.03. The lowest BCUT2D eigenvalue weighted by molar-refractivity contribution is -0.139. The van der Waals surface area contributed by atoms with E-state index in [9.17, 15) is 14.7 Å². The molecule has 0 bridgehead atoms. The van der Waals surface area contributed by atoms with Gasteiger partial charge in [0.05, 0.1) is 7.11 Å². The van der Waals surface area contributed by atoms with Crippen LogP contribution in [0.1, 0.15) is 27.2 Å². The number of hydrogen-bond donors (Lipinski definition) is 2. The zero-order valence-electron chi connectivity index (χ0n) is 13.0. The number of carbonyl (C=O) groups excluding carboxylic acids is 2. The molecule has 0 aliphatic heterocycles. The number of methoxy groups -OCH3 is 1. The summed E-state index contributed by atoms with van der Waals surface area (Å²) in [5.74, 6) is -1.38. The lowest BCUT2D eigenvalue weighted by atomic mass is 10.0. The van der Waals surface area contributed by atoms with E-state index >= 15 is 0 Å². The number of aromatic nitrogens is 1. The maximum absolute atomic E-state index is 12.0. The first-order valence-electron chi connectivity index (χ1n) is 7.09. The zero-order valence-corrected chi connectivity index (χ0v) is 13.0. The number of nitrogens with zero attached hydrogens (tertiary/aromatic N) is 1. The van der Waals surface area contributed by atoms with Gasteiger partial charge >= 0.3 is 5.97 Å². The van der Waals surface area contributed by atoms with Crippen LogP contribution in [0.2, 0.25) is 0 Å². The van der Waals surface area contributed by atoms with Crippen LogP contribution >= 0.6 is 0 Å². The summed E-state index contributed by atoms with van der Waals surface area (Å²) in [6.07, 6.45) is 2.17. The zero-order chi connectivity index (χ0) is 16.8. The molecular weight excluding hydrogens is 296 g/mol. The Balaban J connectivity index is 2.17. The minimum Gasteiger partial charge on any atom is -0.505 e. The molecule has 2 aromatic rings. The number of nitrogens with one attached hydrogen (secondary N) is 1. The van der Waals surface area contributed by atoms with Gasteiger partial charge in [-0.3, -0.25) is 9.59 Å². The quantitative estimate of drug-likeness (QED) is 0.818. The van der Waals surface area contributed by atoms with E-state index in [1.807, 2.05) is 30.3 Å². The monoisotopic (exact) mass is 314 g/mol. The minimum atomic E-state index is -0.623. The van der Waals surface area contributed by atoms with Gasteiger partial charge in [-0.2, -0.15) is 0 Å². The van der Waals surface area contributed by atoms with Crippen molar-refractivity contribution < 1.29 is 19.4 Å². The molecule has 6 nitrogen and oxygen atoms in total. The van der Waals surface area contributed by atoms with Gasteiger partial charge in [0.15, 0.2) is 5.69 Å². The number of aromatic hydroxyl groups is 1.